The second-order valence-corrected chi connectivity index (χ2v) is 25.2. The van der Waals surface area contributed by atoms with Gasteiger partial charge in [0, 0.05) is 12.8 Å². The van der Waals surface area contributed by atoms with Crippen LogP contribution in [-0.4, -0.2) is 87.4 Å². The van der Waals surface area contributed by atoms with Gasteiger partial charge in [-0.25, -0.2) is 4.79 Å². The van der Waals surface area contributed by atoms with E-state index in [1.54, 1.807) is 0 Å². The van der Waals surface area contributed by atoms with Gasteiger partial charge in [0.2, 0.25) is 0 Å². The highest BCUT2D eigenvalue weighted by atomic mass is 16.7. The maximum Gasteiger partial charge on any atom is 0.361 e. The van der Waals surface area contributed by atoms with Crippen LogP contribution in [0.25, 0.3) is 0 Å². The van der Waals surface area contributed by atoms with Crippen molar-refractivity contribution in [3.05, 3.63) is 85.1 Å². The van der Waals surface area contributed by atoms with E-state index in [-0.39, 0.29) is 32.2 Å². The topological polar surface area (TPSA) is 108 Å². The lowest BCUT2D eigenvalue weighted by molar-refractivity contribution is -0.870. The van der Waals surface area contributed by atoms with Crippen LogP contribution in [0.2, 0.25) is 0 Å². The van der Waals surface area contributed by atoms with Crippen LogP contribution < -0.4 is 0 Å². The smallest absolute Gasteiger partial charge is 0.361 e. The highest BCUT2D eigenvalue weighted by Crippen LogP contribution is 2.18. The van der Waals surface area contributed by atoms with Gasteiger partial charge < -0.3 is 28.5 Å². The van der Waals surface area contributed by atoms with Crippen molar-refractivity contribution in [1.29, 1.82) is 0 Å². The summed E-state index contributed by atoms with van der Waals surface area (Å²) >= 11 is 0. The lowest BCUT2D eigenvalue weighted by atomic mass is 10.0. The largest absolute Gasteiger partial charge is 0.477 e. The first kappa shape index (κ1) is 81.5. The van der Waals surface area contributed by atoms with Gasteiger partial charge in [-0.3, -0.25) is 9.59 Å². The first-order chi connectivity index (χ1) is 41.6. The van der Waals surface area contributed by atoms with Crippen molar-refractivity contribution in [1.82, 2.24) is 0 Å². The van der Waals surface area contributed by atoms with Crippen LogP contribution in [0.15, 0.2) is 85.1 Å². The van der Waals surface area contributed by atoms with E-state index in [4.69, 9.17) is 18.9 Å². The Balaban J connectivity index is 4.06. The van der Waals surface area contributed by atoms with Gasteiger partial charge in [0.05, 0.1) is 34.4 Å². The standard InChI is InChI=1S/C76H135NO8/c1-6-8-10-12-14-16-18-20-22-24-26-28-30-32-33-34-35-36-37-38-39-40-41-43-44-46-48-50-52-54-56-58-60-62-64-66-73(78)83-70-72(71-84-76(75(80)81)82-69-68-77(3,4)5)85-74(79)67-65-63-61-59-57-55-53-51-49-47-45-42-31-29-27-25-23-21-19-17-15-13-11-9-7-2/h9,11,15,17-18,20-21,23-24,26-27,29,42,45,72,76H,6-8,10,12-14,16,19,22,25,28,30-41,43-44,46-71H2,1-5H3/p+1/b11-9-,17-15-,20-18-,23-21-,26-24-,29-27-,45-42-. The number of aliphatic carboxylic acids is 1. The van der Waals surface area contributed by atoms with Crippen molar-refractivity contribution in [2.24, 2.45) is 0 Å². The summed E-state index contributed by atoms with van der Waals surface area (Å²) in [5.74, 6) is -2.00. The summed E-state index contributed by atoms with van der Waals surface area (Å²) in [4.78, 5) is 37.6. The summed E-state index contributed by atoms with van der Waals surface area (Å²) in [6, 6.07) is 0. The third kappa shape index (κ3) is 67.8. The highest BCUT2D eigenvalue weighted by molar-refractivity contribution is 5.71. The number of carboxylic acid groups (broad SMARTS) is 1. The number of hydrogen-bond acceptors (Lipinski definition) is 7. The van der Waals surface area contributed by atoms with Crippen molar-refractivity contribution in [2.45, 2.75) is 334 Å². The molecule has 0 amide bonds. The molecule has 0 aliphatic rings. The third-order valence-electron chi connectivity index (χ3n) is 15.6. The molecule has 0 saturated heterocycles. The highest BCUT2D eigenvalue weighted by Gasteiger charge is 2.25. The Kier molecular flexibility index (Phi) is 63.7. The Hall–Kier alpha value is -3.53. The van der Waals surface area contributed by atoms with Gasteiger partial charge in [0.15, 0.2) is 6.10 Å². The number of unbranched alkanes of at least 4 members (excludes halogenated alkanes) is 37. The Bertz CT molecular complexity index is 1670. The minimum absolute atomic E-state index is 0.185. The quantitative estimate of drug-likeness (QED) is 0.0211. The average molecular weight is 1190 g/mol. The molecule has 85 heavy (non-hydrogen) atoms. The third-order valence-corrected chi connectivity index (χ3v) is 15.6. The number of ether oxygens (including phenoxy) is 4. The molecule has 0 aliphatic carbocycles. The zero-order valence-electron chi connectivity index (χ0n) is 56.3. The van der Waals surface area contributed by atoms with Crippen LogP contribution in [0, 0.1) is 0 Å². The molecule has 2 unspecified atom stereocenters. The number of likely N-dealkylation sites (N-methyl/N-ethyl adjacent to an activating group) is 1. The number of carbonyl (C=O) groups is 3. The van der Waals surface area contributed by atoms with Crippen molar-refractivity contribution >= 4 is 17.9 Å². The number of carboxylic acids is 1. The fraction of sp³-hybridized carbons (Fsp3) is 0.776. The van der Waals surface area contributed by atoms with Crippen LogP contribution in [0.5, 0.6) is 0 Å². The molecule has 0 aromatic rings. The molecule has 9 nitrogen and oxygen atoms in total. The number of quaternary nitrogens is 1. The van der Waals surface area contributed by atoms with Crippen molar-refractivity contribution in [3.63, 3.8) is 0 Å². The van der Waals surface area contributed by atoms with E-state index >= 15 is 0 Å². The first-order valence-corrected chi connectivity index (χ1v) is 35.8. The molecule has 0 radical (unpaired) electrons. The van der Waals surface area contributed by atoms with Crippen LogP contribution >= 0.6 is 0 Å². The van der Waals surface area contributed by atoms with E-state index in [9.17, 15) is 19.5 Å². The summed E-state index contributed by atoms with van der Waals surface area (Å²) in [6.07, 6.45) is 87.1. The van der Waals surface area contributed by atoms with E-state index < -0.39 is 24.3 Å². The van der Waals surface area contributed by atoms with Gasteiger partial charge in [0.1, 0.15) is 13.2 Å². The monoisotopic (exact) mass is 1190 g/mol. The molecule has 0 bridgehead atoms. The van der Waals surface area contributed by atoms with Crippen LogP contribution in [0.3, 0.4) is 0 Å². The van der Waals surface area contributed by atoms with Crippen LogP contribution in [-0.2, 0) is 33.3 Å². The minimum atomic E-state index is -1.52. The number of allylic oxidation sites excluding steroid dienone is 14. The predicted octanol–water partition coefficient (Wildman–Crippen LogP) is 22.2. The minimum Gasteiger partial charge on any atom is -0.477 e. The Morgan fingerprint density at radius 2 is 0.671 bits per heavy atom. The summed E-state index contributed by atoms with van der Waals surface area (Å²) in [5, 5.41) is 9.75. The molecular weight excluding hydrogens is 1050 g/mol. The molecule has 0 heterocycles. The van der Waals surface area contributed by atoms with Gasteiger partial charge in [0.25, 0.3) is 6.29 Å². The predicted molar refractivity (Wildman–Crippen MR) is 364 cm³/mol. The molecule has 0 aromatic carbocycles. The zero-order valence-corrected chi connectivity index (χ0v) is 56.3. The second kappa shape index (κ2) is 66.4. The Morgan fingerprint density at radius 3 is 1.00 bits per heavy atom. The number of rotatable bonds is 66. The fourth-order valence-corrected chi connectivity index (χ4v) is 10.2. The average Bonchev–Trinajstić information content (AvgIpc) is 3.49. The van der Waals surface area contributed by atoms with Gasteiger partial charge in [-0.15, -0.1) is 0 Å². The number of nitrogens with zero attached hydrogens (tertiary/aromatic N) is 1. The van der Waals surface area contributed by atoms with Gasteiger partial charge in [-0.2, -0.15) is 0 Å². The SMILES string of the molecule is CC/C=C\C/C=C\C/C=C\C/C=C\C/C=C\CCCCCCCCCCCC(=O)OC(COC(=O)CCCCCCCCCCCCCCCCCCCCCCCCC/C=C\C/C=C\CCCCCCC)COC(OCC[N+](C)(C)C)C(=O)O. The molecule has 2 atom stereocenters. The Labute approximate surface area is 525 Å². The van der Waals surface area contributed by atoms with Crippen LogP contribution in [0.1, 0.15) is 322 Å². The number of esters is 2. The molecule has 9 heteroatoms. The molecule has 0 aromatic heterocycles. The molecule has 0 spiro atoms. The van der Waals surface area contributed by atoms with E-state index in [1.165, 1.54) is 205 Å². The Morgan fingerprint density at radius 1 is 0.365 bits per heavy atom. The maximum atomic E-state index is 12.9. The summed E-state index contributed by atoms with van der Waals surface area (Å²) < 4.78 is 23.0. The maximum absolute atomic E-state index is 12.9. The molecule has 0 fully saturated rings. The van der Waals surface area contributed by atoms with Gasteiger partial charge in [-0.05, 0) is 89.9 Å². The number of carbonyl (C=O) groups excluding carboxylic acids is 2. The summed E-state index contributed by atoms with van der Waals surface area (Å²) in [6.45, 7) is 4.78. The first-order valence-electron chi connectivity index (χ1n) is 35.8. The number of hydrogen-bond donors (Lipinski definition) is 1. The van der Waals surface area contributed by atoms with Crippen molar-refractivity contribution in [2.75, 3.05) is 47.5 Å². The van der Waals surface area contributed by atoms with E-state index in [1.807, 2.05) is 21.1 Å². The molecule has 492 valence electrons. The van der Waals surface area contributed by atoms with Gasteiger partial charge in [-0.1, -0.05) is 304 Å². The summed E-state index contributed by atoms with van der Waals surface area (Å²) in [5.41, 5.74) is 0. The normalized spacial score (nSPS) is 13.2. The van der Waals surface area contributed by atoms with E-state index in [0.29, 0.717) is 23.9 Å². The van der Waals surface area contributed by atoms with E-state index in [2.05, 4.69) is 98.9 Å². The van der Waals surface area contributed by atoms with Crippen molar-refractivity contribution in [3.8, 4) is 0 Å². The summed E-state index contributed by atoms with van der Waals surface area (Å²) in [7, 11) is 5.98. The van der Waals surface area contributed by atoms with Gasteiger partial charge >= 0.3 is 17.9 Å². The fourth-order valence-electron chi connectivity index (χ4n) is 10.2. The molecule has 0 saturated carbocycles. The van der Waals surface area contributed by atoms with E-state index in [0.717, 1.165) is 83.5 Å². The van der Waals surface area contributed by atoms with Crippen molar-refractivity contribution < 1.29 is 42.9 Å². The molecular formula is C76H136NO8+. The lowest BCUT2D eigenvalue weighted by Crippen LogP contribution is -2.40. The molecule has 1 N–H and O–H groups in total. The second-order valence-electron chi connectivity index (χ2n) is 25.2. The zero-order chi connectivity index (χ0) is 61.9. The molecule has 0 aliphatic heterocycles. The van der Waals surface area contributed by atoms with Crippen LogP contribution in [0.4, 0.5) is 0 Å². The molecule has 0 rings (SSSR count). The lowest BCUT2D eigenvalue weighted by Gasteiger charge is -2.25.